The summed E-state index contributed by atoms with van der Waals surface area (Å²) in [6, 6.07) is 5.56. The second-order valence-electron chi connectivity index (χ2n) is 7.54. The first-order valence-electron chi connectivity index (χ1n) is 10.2. The van der Waals surface area contributed by atoms with Crippen molar-refractivity contribution >= 4 is 11.4 Å². The highest BCUT2D eigenvalue weighted by Gasteiger charge is 2.19. The number of carbonyl (C=O) groups excluding carboxylic acids is 1. The highest BCUT2D eigenvalue weighted by molar-refractivity contribution is 5.94. The van der Waals surface area contributed by atoms with Crippen LogP contribution in [0.4, 0.5) is 4.39 Å². The molecule has 3 heterocycles. The summed E-state index contributed by atoms with van der Waals surface area (Å²) in [6.45, 7) is 3.96. The number of hydrogen-bond acceptors (Lipinski definition) is 6. The van der Waals surface area contributed by atoms with E-state index in [-0.39, 0.29) is 17.6 Å². The maximum atomic E-state index is 13.0. The van der Waals surface area contributed by atoms with Gasteiger partial charge in [0.05, 0.1) is 13.2 Å². The molecule has 3 aromatic rings. The Morgan fingerprint density at radius 1 is 1.09 bits per heavy atom. The van der Waals surface area contributed by atoms with Crippen molar-refractivity contribution < 1.29 is 19.0 Å². The third-order valence-corrected chi connectivity index (χ3v) is 5.45. The molecule has 0 radical (unpaired) electrons. The summed E-state index contributed by atoms with van der Waals surface area (Å²) in [4.78, 5) is 40.2. The van der Waals surface area contributed by atoms with E-state index in [0.717, 1.165) is 13.1 Å². The molecule has 32 heavy (non-hydrogen) atoms. The Bertz CT molecular complexity index is 1250. The van der Waals surface area contributed by atoms with Crippen molar-refractivity contribution in [3.63, 3.8) is 0 Å². The highest BCUT2D eigenvalue weighted by Crippen LogP contribution is 2.11. The van der Waals surface area contributed by atoms with E-state index in [2.05, 4.69) is 10.2 Å². The quantitative estimate of drug-likeness (QED) is 0.578. The summed E-state index contributed by atoms with van der Waals surface area (Å²) in [6.07, 6.45) is 4.30. The number of pyridine rings is 1. The van der Waals surface area contributed by atoms with Crippen LogP contribution in [0.1, 0.15) is 15.9 Å². The van der Waals surface area contributed by atoms with Gasteiger partial charge in [-0.15, -0.1) is 0 Å². The molecule has 9 nitrogen and oxygen atoms in total. The van der Waals surface area contributed by atoms with Gasteiger partial charge in [0.1, 0.15) is 11.4 Å². The van der Waals surface area contributed by atoms with Gasteiger partial charge in [-0.05, 0) is 17.7 Å². The first kappa shape index (κ1) is 21.7. The topological polar surface area (TPSA) is 105 Å². The Morgan fingerprint density at radius 3 is 2.53 bits per heavy atom. The van der Waals surface area contributed by atoms with Gasteiger partial charge in [-0.1, -0.05) is 12.1 Å². The molecule has 0 atom stereocenters. The Balaban J connectivity index is 1.55. The second kappa shape index (κ2) is 9.33. The standard InChI is InChI=1S/C22H23FN4O5/c23-16-3-1-15(2-4-16)13-24-21(30)17-14-27-8-7-26(6-5-25-9-11-32-12-10-25)22(31)18(27)20(29)19(17)28/h1-4,7-8,14,29H,5-6,9-13H2,(H,24,30). The van der Waals surface area contributed by atoms with Crippen LogP contribution in [0.2, 0.25) is 0 Å². The van der Waals surface area contributed by atoms with Crippen molar-refractivity contribution in [2.24, 2.45) is 0 Å². The van der Waals surface area contributed by atoms with Gasteiger partial charge in [0.15, 0.2) is 11.3 Å². The smallest absolute Gasteiger partial charge is 0.278 e. The van der Waals surface area contributed by atoms with Crippen molar-refractivity contribution in [2.75, 3.05) is 32.8 Å². The minimum Gasteiger partial charge on any atom is -0.503 e. The fraction of sp³-hybridized carbons (Fsp3) is 0.318. The van der Waals surface area contributed by atoms with Crippen LogP contribution in [0.3, 0.4) is 0 Å². The number of morpholine rings is 1. The van der Waals surface area contributed by atoms with E-state index in [1.807, 2.05) is 0 Å². The summed E-state index contributed by atoms with van der Waals surface area (Å²) in [7, 11) is 0. The second-order valence-corrected chi connectivity index (χ2v) is 7.54. The van der Waals surface area contributed by atoms with Crippen LogP contribution in [0.25, 0.3) is 5.52 Å². The molecule has 168 valence electrons. The molecule has 1 saturated heterocycles. The molecule has 1 amide bonds. The number of ether oxygens (including phenoxy) is 1. The maximum absolute atomic E-state index is 13.0. The van der Waals surface area contributed by atoms with Crippen LogP contribution in [0.15, 0.2) is 52.4 Å². The van der Waals surface area contributed by atoms with Gasteiger partial charge in [-0.3, -0.25) is 19.3 Å². The van der Waals surface area contributed by atoms with E-state index < -0.39 is 28.5 Å². The van der Waals surface area contributed by atoms with Crippen molar-refractivity contribution in [3.05, 3.63) is 80.4 Å². The molecule has 0 saturated carbocycles. The Labute approximate surface area is 182 Å². The lowest BCUT2D eigenvalue weighted by Crippen LogP contribution is -2.39. The van der Waals surface area contributed by atoms with Crippen molar-refractivity contribution in [1.29, 1.82) is 0 Å². The fourth-order valence-electron chi connectivity index (χ4n) is 3.60. The predicted octanol–water partition coefficient (Wildman–Crippen LogP) is 0.568. The van der Waals surface area contributed by atoms with Gasteiger partial charge < -0.3 is 24.1 Å². The van der Waals surface area contributed by atoms with Gasteiger partial charge in [0.25, 0.3) is 11.5 Å². The summed E-state index contributed by atoms with van der Waals surface area (Å²) in [5, 5.41) is 13.0. The number of nitrogens with zero attached hydrogens (tertiary/aromatic N) is 3. The minimum absolute atomic E-state index is 0.0746. The van der Waals surface area contributed by atoms with Crippen LogP contribution < -0.4 is 16.3 Å². The van der Waals surface area contributed by atoms with E-state index in [4.69, 9.17) is 4.74 Å². The third-order valence-electron chi connectivity index (χ3n) is 5.45. The number of aromatic nitrogens is 2. The number of nitrogens with one attached hydrogen (secondary N) is 1. The molecule has 0 aliphatic carbocycles. The van der Waals surface area contributed by atoms with Crippen LogP contribution in [-0.4, -0.2) is 57.7 Å². The minimum atomic E-state index is -0.926. The number of hydrogen-bond donors (Lipinski definition) is 2. The van der Waals surface area contributed by atoms with E-state index in [0.29, 0.717) is 31.9 Å². The maximum Gasteiger partial charge on any atom is 0.278 e. The molecule has 0 unspecified atom stereocenters. The summed E-state index contributed by atoms with van der Waals surface area (Å²) in [5.74, 6) is -1.88. The molecule has 1 aromatic carbocycles. The monoisotopic (exact) mass is 442 g/mol. The molecule has 0 bridgehead atoms. The third kappa shape index (κ3) is 4.56. The zero-order valence-electron chi connectivity index (χ0n) is 17.3. The number of rotatable bonds is 6. The van der Waals surface area contributed by atoms with Crippen LogP contribution in [-0.2, 0) is 17.8 Å². The molecular formula is C22H23FN4O5. The van der Waals surface area contributed by atoms with Gasteiger partial charge in [0, 0.05) is 51.3 Å². The van der Waals surface area contributed by atoms with Gasteiger partial charge >= 0.3 is 0 Å². The Kier molecular flexibility index (Phi) is 6.33. The number of fused-ring (bicyclic) bond motifs is 1. The number of benzene rings is 1. The largest absolute Gasteiger partial charge is 0.503 e. The summed E-state index contributed by atoms with van der Waals surface area (Å²) >= 11 is 0. The van der Waals surface area contributed by atoms with Crippen molar-refractivity contribution in [2.45, 2.75) is 13.1 Å². The normalized spacial score (nSPS) is 14.5. The number of halogens is 1. The first-order chi connectivity index (χ1) is 15.4. The van der Waals surface area contributed by atoms with Crippen LogP contribution >= 0.6 is 0 Å². The lowest BCUT2D eigenvalue weighted by molar-refractivity contribution is 0.0363. The van der Waals surface area contributed by atoms with Crippen LogP contribution in [0, 0.1) is 5.82 Å². The molecular weight excluding hydrogens is 419 g/mol. The van der Waals surface area contributed by atoms with Gasteiger partial charge in [0.2, 0.25) is 5.43 Å². The van der Waals surface area contributed by atoms with E-state index in [1.165, 1.54) is 45.6 Å². The van der Waals surface area contributed by atoms with Gasteiger partial charge in [-0.2, -0.15) is 0 Å². The molecule has 1 aliphatic heterocycles. The average molecular weight is 442 g/mol. The summed E-state index contributed by atoms with van der Waals surface area (Å²) in [5.41, 5.74) is -1.28. The zero-order valence-corrected chi connectivity index (χ0v) is 17.3. The fourth-order valence-corrected chi connectivity index (χ4v) is 3.60. The molecule has 1 fully saturated rings. The van der Waals surface area contributed by atoms with Crippen LogP contribution in [0.5, 0.6) is 5.75 Å². The van der Waals surface area contributed by atoms with E-state index in [9.17, 15) is 23.9 Å². The molecule has 1 aliphatic rings. The summed E-state index contributed by atoms with van der Waals surface area (Å²) < 4.78 is 21.0. The molecule has 0 spiro atoms. The molecule has 2 N–H and O–H groups in total. The van der Waals surface area contributed by atoms with Gasteiger partial charge in [-0.25, -0.2) is 4.39 Å². The number of amides is 1. The predicted molar refractivity (Wildman–Crippen MR) is 114 cm³/mol. The zero-order chi connectivity index (χ0) is 22.7. The van der Waals surface area contributed by atoms with E-state index in [1.54, 1.807) is 6.20 Å². The molecule has 10 heteroatoms. The van der Waals surface area contributed by atoms with E-state index >= 15 is 0 Å². The molecule has 2 aromatic heterocycles. The van der Waals surface area contributed by atoms with Crippen molar-refractivity contribution in [3.8, 4) is 5.75 Å². The lowest BCUT2D eigenvalue weighted by atomic mass is 10.2. The molecule has 4 rings (SSSR count). The Morgan fingerprint density at radius 2 is 1.81 bits per heavy atom. The number of carbonyl (C=O) groups is 1. The Hall–Kier alpha value is -3.50. The SMILES string of the molecule is O=C(NCc1ccc(F)cc1)c1cn2ccn(CCN3CCOCC3)c(=O)c2c(O)c1=O. The first-order valence-corrected chi connectivity index (χ1v) is 10.2. The highest BCUT2D eigenvalue weighted by atomic mass is 19.1. The lowest BCUT2D eigenvalue weighted by Gasteiger charge is -2.26. The average Bonchev–Trinajstić information content (AvgIpc) is 2.81. The van der Waals surface area contributed by atoms with Crippen molar-refractivity contribution in [1.82, 2.24) is 19.2 Å². The number of aromatic hydroxyl groups is 1.